The van der Waals surface area contributed by atoms with Crippen molar-refractivity contribution in [1.29, 1.82) is 0 Å². The second-order valence-electron chi connectivity index (χ2n) is 3.45. The number of halogens is 1. The number of esters is 1. The third kappa shape index (κ3) is 4.76. The molecule has 5 nitrogen and oxygen atoms in total. The van der Waals surface area contributed by atoms with Crippen LogP contribution in [0.2, 0.25) is 0 Å². The summed E-state index contributed by atoms with van der Waals surface area (Å²) in [7, 11) is 0. The second kappa shape index (κ2) is 7.40. The molecule has 16 heavy (non-hydrogen) atoms. The van der Waals surface area contributed by atoms with E-state index in [1.54, 1.807) is 12.5 Å². The van der Waals surface area contributed by atoms with Crippen LogP contribution in [0.25, 0.3) is 0 Å². The zero-order valence-electron chi connectivity index (χ0n) is 8.99. The number of H-pyrrole nitrogens is 1. The van der Waals surface area contributed by atoms with E-state index < -0.39 is 6.04 Å². The van der Waals surface area contributed by atoms with E-state index in [4.69, 9.17) is 10.5 Å². The second-order valence-corrected chi connectivity index (χ2v) is 4.24. The summed E-state index contributed by atoms with van der Waals surface area (Å²) in [6.45, 7) is 0.432. The summed E-state index contributed by atoms with van der Waals surface area (Å²) >= 11 is 3.31. The average molecular weight is 290 g/mol. The van der Waals surface area contributed by atoms with Gasteiger partial charge in [0.2, 0.25) is 0 Å². The number of rotatable bonds is 7. The summed E-state index contributed by atoms with van der Waals surface area (Å²) in [5.41, 5.74) is 6.53. The van der Waals surface area contributed by atoms with Gasteiger partial charge in [0.25, 0.3) is 0 Å². The van der Waals surface area contributed by atoms with Crippen molar-refractivity contribution in [2.24, 2.45) is 5.73 Å². The van der Waals surface area contributed by atoms with E-state index in [2.05, 4.69) is 25.9 Å². The standard InChI is InChI=1S/C10H16BrN3O2/c11-3-1-2-4-16-10(15)9(12)5-8-6-13-7-14-8/h6-7,9H,1-5,12H2,(H,13,14)/t9-/m0/s1. The van der Waals surface area contributed by atoms with Gasteiger partial charge in [0, 0.05) is 23.6 Å². The van der Waals surface area contributed by atoms with Crippen molar-refractivity contribution in [2.75, 3.05) is 11.9 Å². The van der Waals surface area contributed by atoms with Crippen LogP contribution in [0.5, 0.6) is 0 Å². The van der Waals surface area contributed by atoms with Gasteiger partial charge in [0.05, 0.1) is 12.9 Å². The van der Waals surface area contributed by atoms with E-state index in [0.717, 1.165) is 23.9 Å². The third-order valence-corrected chi connectivity index (χ3v) is 2.63. The Kier molecular flexibility index (Phi) is 6.10. The summed E-state index contributed by atoms with van der Waals surface area (Å²) in [5, 5.41) is 0.921. The minimum atomic E-state index is -0.621. The molecule has 1 aromatic rings. The molecule has 0 bridgehead atoms. The summed E-state index contributed by atoms with van der Waals surface area (Å²) in [4.78, 5) is 18.2. The highest BCUT2D eigenvalue weighted by Crippen LogP contribution is 2.00. The molecule has 3 N–H and O–H groups in total. The van der Waals surface area contributed by atoms with Gasteiger partial charge in [0.15, 0.2) is 0 Å². The number of nitrogens with one attached hydrogen (secondary N) is 1. The molecule has 0 aromatic carbocycles. The van der Waals surface area contributed by atoms with E-state index in [-0.39, 0.29) is 5.97 Å². The summed E-state index contributed by atoms with van der Waals surface area (Å²) in [6.07, 6.45) is 5.48. The molecule has 1 atom stereocenters. The lowest BCUT2D eigenvalue weighted by Crippen LogP contribution is -2.34. The van der Waals surface area contributed by atoms with Crippen molar-refractivity contribution in [3.05, 3.63) is 18.2 Å². The van der Waals surface area contributed by atoms with Crippen molar-refractivity contribution >= 4 is 21.9 Å². The first-order valence-corrected chi connectivity index (χ1v) is 6.31. The maximum Gasteiger partial charge on any atom is 0.323 e. The third-order valence-electron chi connectivity index (χ3n) is 2.07. The number of unbranched alkanes of at least 4 members (excludes halogenated alkanes) is 1. The van der Waals surface area contributed by atoms with Gasteiger partial charge in [0.1, 0.15) is 6.04 Å². The highest BCUT2D eigenvalue weighted by molar-refractivity contribution is 9.09. The highest BCUT2D eigenvalue weighted by atomic mass is 79.9. The van der Waals surface area contributed by atoms with Crippen molar-refractivity contribution in [1.82, 2.24) is 9.97 Å². The predicted octanol–water partition coefficient (Wildman–Crippen LogP) is 0.998. The first-order valence-electron chi connectivity index (χ1n) is 5.19. The zero-order valence-corrected chi connectivity index (χ0v) is 10.6. The van der Waals surface area contributed by atoms with Crippen LogP contribution >= 0.6 is 15.9 Å². The molecule has 0 aliphatic heterocycles. The first kappa shape index (κ1) is 13.2. The number of imidazole rings is 1. The molecule has 1 aromatic heterocycles. The Morgan fingerprint density at radius 1 is 1.62 bits per heavy atom. The van der Waals surface area contributed by atoms with E-state index in [1.165, 1.54) is 0 Å². The Balaban J connectivity index is 2.20. The van der Waals surface area contributed by atoms with E-state index >= 15 is 0 Å². The number of alkyl halides is 1. The number of carbonyl (C=O) groups excluding carboxylic acids is 1. The largest absolute Gasteiger partial charge is 0.465 e. The molecule has 0 aliphatic carbocycles. The monoisotopic (exact) mass is 289 g/mol. The fourth-order valence-corrected chi connectivity index (χ4v) is 1.59. The molecule has 90 valence electrons. The lowest BCUT2D eigenvalue weighted by atomic mass is 10.2. The Hall–Kier alpha value is -0.880. The minimum absolute atomic E-state index is 0.357. The fraction of sp³-hybridized carbons (Fsp3) is 0.600. The number of hydrogen-bond donors (Lipinski definition) is 2. The molecular formula is C10H16BrN3O2. The number of aromatic amines is 1. The summed E-state index contributed by atoms with van der Waals surface area (Å²) < 4.78 is 5.04. The number of nitrogens with two attached hydrogens (primary N) is 1. The summed E-state index contributed by atoms with van der Waals surface area (Å²) in [5.74, 6) is -0.357. The van der Waals surface area contributed by atoms with E-state index in [1.807, 2.05) is 0 Å². The molecule has 0 radical (unpaired) electrons. The smallest absolute Gasteiger partial charge is 0.323 e. The van der Waals surface area contributed by atoms with Gasteiger partial charge < -0.3 is 15.5 Å². The van der Waals surface area contributed by atoms with Gasteiger partial charge in [-0.2, -0.15) is 0 Å². The van der Waals surface area contributed by atoms with Crippen molar-refractivity contribution in [3.8, 4) is 0 Å². The Morgan fingerprint density at radius 2 is 2.44 bits per heavy atom. The minimum Gasteiger partial charge on any atom is -0.465 e. The quantitative estimate of drug-likeness (QED) is 0.446. The maximum atomic E-state index is 11.4. The number of aromatic nitrogens is 2. The highest BCUT2D eigenvalue weighted by Gasteiger charge is 2.15. The number of ether oxygens (including phenoxy) is 1. The lowest BCUT2D eigenvalue weighted by Gasteiger charge is -2.10. The SMILES string of the molecule is N[C@@H](Cc1cnc[nH]1)C(=O)OCCCCBr. The van der Waals surface area contributed by atoms with E-state index in [0.29, 0.717) is 13.0 Å². The number of nitrogens with zero attached hydrogens (tertiary/aromatic N) is 1. The normalized spacial score (nSPS) is 12.4. The maximum absolute atomic E-state index is 11.4. The molecule has 0 saturated heterocycles. The molecule has 6 heteroatoms. The van der Waals surface area contributed by atoms with Gasteiger partial charge >= 0.3 is 5.97 Å². The Morgan fingerprint density at radius 3 is 3.06 bits per heavy atom. The van der Waals surface area contributed by atoms with Gasteiger partial charge in [-0.1, -0.05) is 15.9 Å². The molecule has 0 aliphatic rings. The van der Waals surface area contributed by atoms with Crippen LogP contribution in [-0.4, -0.2) is 33.9 Å². The van der Waals surface area contributed by atoms with Gasteiger partial charge in [-0.05, 0) is 12.8 Å². The molecule has 1 heterocycles. The van der Waals surface area contributed by atoms with Gasteiger partial charge in [-0.3, -0.25) is 4.79 Å². The number of carbonyl (C=O) groups is 1. The van der Waals surface area contributed by atoms with Crippen LogP contribution in [0.4, 0.5) is 0 Å². The van der Waals surface area contributed by atoms with Crippen molar-refractivity contribution in [3.63, 3.8) is 0 Å². The molecular weight excluding hydrogens is 274 g/mol. The van der Waals surface area contributed by atoms with Crippen LogP contribution in [0.1, 0.15) is 18.5 Å². The fourth-order valence-electron chi connectivity index (χ4n) is 1.19. The molecule has 0 unspecified atom stereocenters. The molecule has 0 spiro atoms. The Labute approximate surface area is 103 Å². The predicted molar refractivity (Wildman–Crippen MR) is 64.3 cm³/mol. The van der Waals surface area contributed by atoms with Crippen LogP contribution in [-0.2, 0) is 16.0 Å². The average Bonchev–Trinajstić information content (AvgIpc) is 2.76. The lowest BCUT2D eigenvalue weighted by molar-refractivity contribution is -0.145. The molecule has 0 amide bonds. The zero-order chi connectivity index (χ0) is 11.8. The van der Waals surface area contributed by atoms with Crippen molar-refractivity contribution in [2.45, 2.75) is 25.3 Å². The van der Waals surface area contributed by atoms with Crippen LogP contribution in [0.15, 0.2) is 12.5 Å². The van der Waals surface area contributed by atoms with Gasteiger partial charge in [-0.15, -0.1) is 0 Å². The first-order chi connectivity index (χ1) is 7.74. The van der Waals surface area contributed by atoms with Crippen LogP contribution in [0, 0.1) is 0 Å². The molecule has 1 rings (SSSR count). The summed E-state index contributed by atoms with van der Waals surface area (Å²) in [6, 6.07) is -0.621. The van der Waals surface area contributed by atoms with Crippen LogP contribution in [0.3, 0.4) is 0 Å². The van der Waals surface area contributed by atoms with Crippen molar-refractivity contribution < 1.29 is 9.53 Å². The topological polar surface area (TPSA) is 81.0 Å². The van der Waals surface area contributed by atoms with Gasteiger partial charge in [-0.25, -0.2) is 4.98 Å². The molecule has 0 fully saturated rings. The number of hydrogen-bond acceptors (Lipinski definition) is 4. The molecule has 0 saturated carbocycles. The Bertz CT molecular complexity index is 303. The van der Waals surface area contributed by atoms with E-state index in [9.17, 15) is 4.79 Å². The van der Waals surface area contributed by atoms with Crippen LogP contribution < -0.4 is 5.73 Å².